The number of carbonyl (C=O) groups excluding carboxylic acids is 1. The van der Waals surface area contributed by atoms with Crippen LogP contribution in [0.5, 0.6) is 5.75 Å². The standard InChI is InChI=1S/C21H28O4/c22-18-10-9-16(19(12-18)15-3-1-2-4-15)7-5-14-6-8-17(11-14)20(23)13-21(24)25/h9-10,12,14-15,17,22H,1-8,11,13H2,(H,24,25). The highest BCUT2D eigenvalue weighted by Crippen LogP contribution is 2.39. The molecule has 2 aliphatic carbocycles. The first-order valence-corrected chi connectivity index (χ1v) is 9.59. The molecule has 0 aliphatic heterocycles. The van der Waals surface area contributed by atoms with Crippen LogP contribution in [0.15, 0.2) is 18.2 Å². The monoisotopic (exact) mass is 344 g/mol. The molecule has 2 N–H and O–H groups in total. The summed E-state index contributed by atoms with van der Waals surface area (Å²) in [5, 5.41) is 18.6. The molecule has 136 valence electrons. The Bertz CT molecular complexity index is 631. The number of ketones is 1. The van der Waals surface area contributed by atoms with Crippen molar-refractivity contribution in [2.45, 2.75) is 70.1 Å². The van der Waals surface area contributed by atoms with E-state index in [9.17, 15) is 14.7 Å². The van der Waals surface area contributed by atoms with Crippen molar-refractivity contribution in [3.63, 3.8) is 0 Å². The molecule has 0 amide bonds. The van der Waals surface area contributed by atoms with Crippen molar-refractivity contribution < 1.29 is 19.8 Å². The zero-order valence-corrected chi connectivity index (χ0v) is 14.7. The third kappa shape index (κ3) is 4.62. The first-order chi connectivity index (χ1) is 12.0. The third-order valence-electron chi connectivity index (χ3n) is 6.07. The summed E-state index contributed by atoms with van der Waals surface area (Å²) in [4.78, 5) is 22.6. The van der Waals surface area contributed by atoms with E-state index in [1.807, 2.05) is 6.07 Å². The second kappa shape index (κ2) is 8.03. The molecule has 1 aromatic rings. The summed E-state index contributed by atoms with van der Waals surface area (Å²) in [6, 6.07) is 5.78. The largest absolute Gasteiger partial charge is 0.508 e. The van der Waals surface area contributed by atoms with E-state index < -0.39 is 5.97 Å². The number of Topliss-reactive ketones (excluding diaryl/α,β-unsaturated/α-hetero) is 1. The summed E-state index contributed by atoms with van der Waals surface area (Å²) in [6.07, 6.45) is 9.36. The van der Waals surface area contributed by atoms with E-state index in [1.165, 1.54) is 36.8 Å². The van der Waals surface area contributed by atoms with Gasteiger partial charge in [0.05, 0.1) is 0 Å². The predicted octanol–water partition coefficient (Wildman–Crippen LogP) is 4.44. The minimum Gasteiger partial charge on any atom is -0.508 e. The lowest BCUT2D eigenvalue weighted by Crippen LogP contribution is -2.15. The molecule has 2 saturated carbocycles. The molecule has 2 fully saturated rings. The van der Waals surface area contributed by atoms with E-state index >= 15 is 0 Å². The molecule has 0 radical (unpaired) electrons. The van der Waals surface area contributed by atoms with Gasteiger partial charge in [-0.15, -0.1) is 0 Å². The smallest absolute Gasteiger partial charge is 0.310 e. The van der Waals surface area contributed by atoms with Crippen molar-refractivity contribution in [2.24, 2.45) is 11.8 Å². The number of aromatic hydroxyl groups is 1. The summed E-state index contributed by atoms with van der Waals surface area (Å²) >= 11 is 0. The molecule has 4 nitrogen and oxygen atoms in total. The molecule has 0 heterocycles. The second-order valence-corrected chi connectivity index (χ2v) is 7.82. The molecule has 0 saturated heterocycles. The van der Waals surface area contributed by atoms with Gasteiger partial charge >= 0.3 is 5.97 Å². The van der Waals surface area contributed by atoms with Crippen molar-refractivity contribution >= 4 is 11.8 Å². The van der Waals surface area contributed by atoms with Gasteiger partial charge in [-0.1, -0.05) is 18.9 Å². The Labute approximate surface area is 149 Å². The molecule has 4 heteroatoms. The van der Waals surface area contributed by atoms with Crippen LogP contribution in [0.25, 0.3) is 0 Å². The van der Waals surface area contributed by atoms with Gasteiger partial charge in [-0.05, 0) is 80.0 Å². The Kier molecular flexibility index (Phi) is 5.77. The maximum atomic E-state index is 11.9. The molecule has 2 atom stereocenters. The first kappa shape index (κ1) is 18.0. The van der Waals surface area contributed by atoms with Gasteiger partial charge < -0.3 is 10.2 Å². The van der Waals surface area contributed by atoms with Crippen LogP contribution >= 0.6 is 0 Å². The molecule has 1 aromatic carbocycles. The van der Waals surface area contributed by atoms with Crippen molar-refractivity contribution in [3.8, 4) is 5.75 Å². The molecule has 0 aromatic heterocycles. The van der Waals surface area contributed by atoms with Crippen molar-refractivity contribution in [3.05, 3.63) is 29.3 Å². The van der Waals surface area contributed by atoms with Crippen LogP contribution in [0.1, 0.15) is 74.8 Å². The number of hydrogen-bond donors (Lipinski definition) is 2. The highest BCUT2D eigenvalue weighted by atomic mass is 16.4. The number of phenols is 1. The van der Waals surface area contributed by atoms with Gasteiger partial charge in [-0.3, -0.25) is 9.59 Å². The van der Waals surface area contributed by atoms with Gasteiger partial charge in [0.1, 0.15) is 18.0 Å². The van der Waals surface area contributed by atoms with Crippen LogP contribution < -0.4 is 0 Å². The molecule has 0 spiro atoms. The third-order valence-corrected chi connectivity index (χ3v) is 6.07. The zero-order chi connectivity index (χ0) is 17.8. The van der Waals surface area contributed by atoms with Gasteiger partial charge in [-0.2, -0.15) is 0 Å². The highest BCUT2D eigenvalue weighted by molar-refractivity contribution is 5.96. The lowest BCUT2D eigenvalue weighted by atomic mass is 9.88. The normalized spacial score (nSPS) is 23.8. The Morgan fingerprint density at radius 1 is 1.08 bits per heavy atom. The fraction of sp³-hybridized carbons (Fsp3) is 0.619. The van der Waals surface area contributed by atoms with E-state index in [0.717, 1.165) is 32.1 Å². The number of phenolic OH excluding ortho intramolecular Hbond substituents is 1. The lowest BCUT2D eigenvalue weighted by molar-refractivity contribution is -0.141. The van der Waals surface area contributed by atoms with Gasteiger partial charge in [0, 0.05) is 5.92 Å². The van der Waals surface area contributed by atoms with E-state index in [-0.39, 0.29) is 18.1 Å². The maximum Gasteiger partial charge on any atom is 0.310 e. The number of benzene rings is 1. The number of aliphatic carboxylic acids is 1. The van der Waals surface area contributed by atoms with Gasteiger partial charge in [-0.25, -0.2) is 0 Å². The Balaban J connectivity index is 1.57. The second-order valence-electron chi connectivity index (χ2n) is 7.82. The van der Waals surface area contributed by atoms with Crippen LogP contribution in [-0.4, -0.2) is 22.0 Å². The number of hydrogen-bond acceptors (Lipinski definition) is 3. The van der Waals surface area contributed by atoms with Crippen molar-refractivity contribution in [1.82, 2.24) is 0 Å². The molecular weight excluding hydrogens is 316 g/mol. The minimum absolute atomic E-state index is 0.0600. The highest BCUT2D eigenvalue weighted by Gasteiger charge is 2.30. The van der Waals surface area contributed by atoms with Crippen LogP contribution in [0.4, 0.5) is 0 Å². The minimum atomic E-state index is -1.02. The van der Waals surface area contributed by atoms with Crippen LogP contribution in [0.3, 0.4) is 0 Å². The topological polar surface area (TPSA) is 74.6 Å². The van der Waals surface area contributed by atoms with Crippen LogP contribution in [0, 0.1) is 11.8 Å². The summed E-state index contributed by atoms with van der Waals surface area (Å²) in [6.45, 7) is 0. The van der Waals surface area contributed by atoms with Crippen molar-refractivity contribution in [2.75, 3.05) is 0 Å². The molecule has 25 heavy (non-hydrogen) atoms. The lowest BCUT2D eigenvalue weighted by Gasteiger charge is -2.17. The summed E-state index contributed by atoms with van der Waals surface area (Å²) < 4.78 is 0. The van der Waals surface area contributed by atoms with E-state index in [4.69, 9.17) is 5.11 Å². The average Bonchev–Trinajstić information content (AvgIpc) is 3.25. The van der Waals surface area contributed by atoms with E-state index in [2.05, 4.69) is 6.07 Å². The summed E-state index contributed by atoms with van der Waals surface area (Å²) in [7, 11) is 0. The number of rotatable bonds is 7. The number of carboxylic acids is 1. The summed E-state index contributed by atoms with van der Waals surface area (Å²) in [5.41, 5.74) is 2.65. The van der Waals surface area contributed by atoms with Gasteiger partial charge in [0.2, 0.25) is 0 Å². The quantitative estimate of drug-likeness (QED) is 0.717. The van der Waals surface area contributed by atoms with Gasteiger partial charge in [0.15, 0.2) is 0 Å². The van der Waals surface area contributed by atoms with Crippen molar-refractivity contribution in [1.29, 1.82) is 0 Å². The van der Waals surface area contributed by atoms with E-state index in [0.29, 0.717) is 17.6 Å². The molecule has 2 unspecified atom stereocenters. The van der Waals surface area contributed by atoms with E-state index in [1.54, 1.807) is 6.07 Å². The van der Waals surface area contributed by atoms with Crippen LogP contribution in [-0.2, 0) is 16.0 Å². The number of carbonyl (C=O) groups is 2. The molecular formula is C21H28O4. The molecule has 3 rings (SSSR count). The maximum absolute atomic E-state index is 11.9. The predicted molar refractivity (Wildman–Crippen MR) is 95.7 cm³/mol. The molecule has 0 bridgehead atoms. The molecule has 2 aliphatic rings. The Morgan fingerprint density at radius 3 is 2.56 bits per heavy atom. The fourth-order valence-electron chi connectivity index (χ4n) is 4.71. The number of aryl methyl sites for hydroxylation is 1. The van der Waals surface area contributed by atoms with Gasteiger partial charge in [0.25, 0.3) is 0 Å². The zero-order valence-electron chi connectivity index (χ0n) is 14.7. The average molecular weight is 344 g/mol. The van der Waals surface area contributed by atoms with Crippen LogP contribution in [0.2, 0.25) is 0 Å². The Hall–Kier alpha value is -1.84. The first-order valence-electron chi connectivity index (χ1n) is 9.59. The summed E-state index contributed by atoms with van der Waals surface area (Å²) in [5.74, 6) is 0.259. The fourth-order valence-corrected chi connectivity index (χ4v) is 4.71. The Morgan fingerprint density at radius 2 is 1.84 bits per heavy atom. The number of carboxylic acid groups (broad SMARTS) is 1. The SMILES string of the molecule is O=C(O)CC(=O)C1CCC(CCc2ccc(O)cc2C2CCCC2)C1.